The lowest BCUT2D eigenvalue weighted by Crippen LogP contribution is -2.11. The first-order chi connectivity index (χ1) is 13.2. The van der Waals surface area contributed by atoms with Crippen LogP contribution in [0.4, 0.5) is 5.82 Å². The van der Waals surface area contributed by atoms with Crippen molar-refractivity contribution in [2.24, 2.45) is 5.92 Å². The SMILES string of the molecule is N#CCNc1ncnc2c1ccn2C1CCC(C(O)c2ccc(Cl)cc2)C1. The Labute approximate surface area is 162 Å². The normalized spacial score (nSPS) is 20.5. The van der Waals surface area contributed by atoms with Crippen LogP contribution >= 0.6 is 11.6 Å². The monoisotopic (exact) mass is 381 g/mol. The average molecular weight is 382 g/mol. The van der Waals surface area contributed by atoms with E-state index in [9.17, 15) is 5.11 Å². The van der Waals surface area contributed by atoms with Crippen molar-refractivity contribution in [3.63, 3.8) is 0 Å². The fourth-order valence-corrected chi connectivity index (χ4v) is 4.12. The summed E-state index contributed by atoms with van der Waals surface area (Å²) in [4.78, 5) is 8.68. The molecule has 0 radical (unpaired) electrons. The Bertz CT molecular complexity index is 978. The van der Waals surface area contributed by atoms with Gasteiger partial charge in [0.15, 0.2) is 0 Å². The largest absolute Gasteiger partial charge is 0.388 e. The number of fused-ring (bicyclic) bond motifs is 1. The maximum absolute atomic E-state index is 10.8. The van der Waals surface area contributed by atoms with Gasteiger partial charge in [-0.15, -0.1) is 0 Å². The Morgan fingerprint density at radius 2 is 2.07 bits per heavy atom. The third-order valence-corrected chi connectivity index (χ3v) is 5.59. The van der Waals surface area contributed by atoms with Crippen molar-refractivity contribution in [1.82, 2.24) is 14.5 Å². The molecule has 0 amide bonds. The predicted octanol–water partition coefficient (Wildman–Crippen LogP) is 4.09. The molecule has 1 saturated carbocycles. The summed E-state index contributed by atoms with van der Waals surface area (Å²) in [6.45, 7) is 0.204. The van der Waals surface area contributed by atoms with Gasteiger partial charge in [0, 0.05) is 17.3 Å². The van der Waals surface area contributed by atoms with Crippen molar-refractivity contribution >= 4 is 28.5 Å². The molecule has 2 N–H and O–H groups in total. The summed E-state index contributed by atoms with van der Waals surface area (Å²) < 4.78 is 2.17. The Morgan fingerprint density at radius 3 is 2.85 bits per heavy atom. The molecule has 3 atom stereocenters. The minimum atomic E-state index is -0.489. The highest BCUT2D eigenvalue weighted by molar-refractivity contribution is 6.30. The standard InChI is InChI=1S/C20H20ClN5O/c21-15-4-1-13(2-5-15)18(27)14-3-6-16(11-14)26-10-7-17-19(23-9-8-22)24-12-25-20(17)26/h1-2,4-5,7,10,12,14,16,18,27H,3,6,9,11H2,(H,23,24,25). The van der Waals surface area contributed by atoms with Crippen LogP contribution in [0.15, 0.2) is 42.9 Å². The lowest BCUT2D eigenvalue weighted by Gasteiger charge is -2.19. The van der Waals surface area contributed by atoms with Crippen molar-refractivity contribution in [3.8, 4) is 6.07 Å². The summed E-state index contributed by atoms with van der Waals surface area (Å²) in [5.74, 6) is 0.877. The molecule has 1 aliphatic carbocycles. The summed E-state index contributed by atoms with van der Waals surface area (Å²) in [5.41, 5.74) is 1.77. The fraction of sp³-hybridized carbons (Fsp3) is 0.350. The summed E-state index contributed by atoms with van der Waals surface area (Å²) in [7, 11) is 0. The number of nitriles is 1. The van der Waals surface area contributed by atoms with Crippen LogP contribution in [0.2, 0.25) is 5.02 Å². The number of nitrogens with zero attached hydrogens (tertiary/aromatic N) is 4. The van der Waals surface area contributed by atoms with E-state index in [4.69, 9.17) is 16.9 Å². The molecular formula is C20H20ClN5O. The van der Waals surface area contributed by atoms with E-state index in [1.165, 1.54) is 6.33 Å². The molecule has 4 rings (SSSR count). The second-order valence-electron chi connectivity index (χ2n) is 6.92. The van der Waals surface area contributed by atoms with Crippen LogP contribution in [0.3, 0.4) is 0 Å². The van der Waals surface area contributed by atoms with Gasteiger partial charge in [0.1, 0.15) is 24.3 Å². The van der Waals surface area contributed by atoms with Crippen molar-refractivity contribution in [3.05, 3.63) is 53.4 Å². The van der Waals surface area contributed by atoms with Crippen LogP contribution in [0.25, 0.3) is 11.0 Å². The molecule has 0 spiro atoms. The number of aliphatic hydroxyl groups is 1. The van der Waals surface area contributed by atoms with Gasteiger partial charge in [-0.3, -0.25) is 0 Å². The van der Waals surface area contributed by atoms with E-state index in [1.54, 1.807) is 0 Å². The Hall–Kier alpha value is -2.62. The molecule has 3 unspecified atom stereocenters. The maximum atomic E-state index is 10.8. The molecule has 7 heteroatoms. The predicted molar refractivity (Wildman–Crippen MR) is 104 cm³/mol. The third-order valence-electron chi connectivity index (χ3n) is 5.34. The molecule has 138 valence electrons. The summed E-state index contributed by atoms with van der Waals surface area (Å²) in [5, 5.41) is 24.1. The van der Waals surface area contributed by atoms with E-state index in [0.717, 1.165) is 35.9 Å². The van der Waals surface area contributed by atoms with E-state index >= 15 is 0 Å². The molecule has 0 aliphatic heterocycles. The summed E-state index contributed by atoms with van der Waals surface area (Å²) >= 11 is 5.95. The van der Waals surface area contributed by atoms with E-state index in [2.05, 4.69) is 25.9 Å². The number of benzene rings is 1. The Morgan fingerprint density at radius 1 is 1.26 bits per heavy atom. The van der Waals surface area contributed by atoms with Gasteiger partial charge >= 0.3 is 0 Å². The molecule has 0 saturated heterocycles. The van der Waals surface area contributed by atoms with E-state index in [1.807, 2.05) is 36.5 Å². The fourth-order valence-electron chi connectivity index (χ4n) is 3.99. The van der Waals surface area contributed by atoms with E-state index in [0.29, 0.717) is 10.8 Å². The highest BCUT2D eigenvalue weighted by Crippen LogP contribution is 2.42. The third kappa shape index (κ3) is 3.48. The van der Waals surface area contributed by atoms with Crippen molar-refractivity contribution in [2.75, 3.05) is 11.9 Å². The molecule has 6 nitrogen and oxygen atoms in total. The van der Waals surface area contributed by atoms with Gasteiger partial charge in [-0.05, 0) is 48.9 Å². The molecule has 1 fully saturated rings. The second-order valence-corrected chi connectivity index (χ2v) is 7.35. The molecule has 1 aliphatic rings. The molecule has 3 aromatic rings. The number of aliphatic hydroxyl groups excluding tert-OH is 1. The zero-order valence-corrected chi connectivity index (χ0v) is 15.5. The second kappa shape index (κ2) is 7.55. The molecule has 2 aromatic heterocycles. The first kappa shape index (κ1) is 17.8. The minimum Gasteiger partial charge on any atom is -0.388 e. The zero-order valence-electron chi connectivity index (χ0n) is 14.7. The summed E-state index contributed by atoms with van der Waals surface area (Å²) in [6.07, 6.45) is 5.89. The number of aromatic nitrogens is 3. The molecule has 2 heterocycles. The van der Waals surface area contributed by atoms with Gasteiger partial charge in [-0.1, -0.05) is 23.7 Å². The first-order valence-electron chi connectivity index (χ1n) is 9.03. The van der Waals surface area contributed by atoms with Crippen molar-refractivity contribution in [2.45, 2.75) is 31.4 Å². The van der Waals surface area contributed by atoms with E-state index in [-0.39, 0.29) is 18.5 Å². The van der Waals surface area contributed by atoms with Crippen LogP contribution in [-0.2, 0) is 0 Å². The smallest absolute Gasteiger partial charge is 0.145 e. The minimum absolute atomic E-state index is 0.201. The number of hydrogen-bond donors (Lipinski definition) is 2. The average Bonchev–Trinajstić information content (AvgIpc) is 3.33. The van der Waals surface area contributed by atoms with Crippen LogP contribution in [0.5, 0.6) is 0 Å². The number of hydrogen-bond acceptors (Lipinski definition) is 5. The number of nitrogens with one attached hydrogen (secondary N) is 1. The quantitative estimate of drug-likeness (QED) is 0.650. The summed E-state index contributed by atoms with van der Waals surface area (Å²) in [6, 6.07) is 11.8. The molecule has 27 heavy (non-hydrogen) atoms. The first-order valence-corrected chi connectivity index (χ1v) is 9.41. The Kier molecular flexibility index (Phi) is 4.97. The number of halogens is 1. The topological polar surface area (TPSA) is 86.8 Å². The van der Waals surface area contributed by atoms with Gasteiger partial charge in [0.05, 0.1) is 17.6 Å². The van der Waals surface area contributed by atoms with Crippen molar-refractivity contribution in [1.29, 1.82) is 5.26 Å². The van der Waals surface area contributed by atoms with Gasteiger partial charge in [-0.2, -0.15) is 5.26 Å². The molecule has 1 aromatic carbocycles. The van der Waals surface area contributed by atoms with Gasteiger partial charge in [-0.25, -0.2) is 9.97 Å². The van der Waals surface area contributed by atoms with Crippen molar-refractivity contribution < 1.29 is 5.11 Å². The van der Waals surface area contributed by atoms with Gasteiger partial charge in [0.2, 0.25) is 0 Å². The maximum Gasteiger partial charge on any atom is 0.145 e. The van der Waals surface area contributed by atoms with Gasteiger partial charge in [0.25, 0.3) is 0 Å². The lowest BCUT2D eigenvalue weighted by molar-refractivity contribution is 0.109. The highest BCUT2D eigenvalue weighted by Gasteiger charge is 2.32. The highest BCUT2D eigenvalue weighted by atomic mass is 35.5. The van der Waals surface area contributed by atoms with Crippen LogP contribution in [0.1, 0.15) is 37.0 Å². The zero-order chi connectivity index (χ0) is 18.8. The van der Waals surface area contributed by atoms with E-state index < -0.39 is 6.10 Å². The van der Waals surface area contributed by atoms with Gasteiger partial charge < -0.3 is 15.0 Å². The Balaban J connectivity index is 1.53. The van der Waals surface area contributed by atoms with Crippen LogP contribution in [-0.4, -0.2) is 26.2 Å². The lowest BCUT2D eigenvalue weighted by atomic mass is 9.94. The van der Waals surface area contributed by atoms with Crippen LogP contribution < -0.4 is 5.32 Å². The number of anilines is 1. The van der Waals surface area contributed by atoms with Crippen LogP contribution in [0, 0.1) is 17.2 Å². The molecule has 0 bridgehead atoms. The number of rotatable bonds is 5. The molecular weight excluding hydrogens is 362 g/mol.